The Hall–Kier alpha value is -0.223. The van der Waals surface area contributed by atoms with Crippen molar-refractivity contribution in [2.45, 2.75) is 45.7 Å². The first-order valence-corrected chi connectivity index (χ1v) is 7.14. The van der Waals surface area contributed by atoms with Gasteiger partial charge in [0.1, 0.15) is 8.80 Å². The molecule has 0 atom stereocenters. The molecule has 0 aromatic rings. The van der Waals surface area contributed by atoms with Crippen molar-refractivity contribution in [3.8, 4) is 11.5 Å². The van der Waals surface area contributed by atoms with E-state index < -0.39 is 8.80 Å². The van der Waals surface area contributed by atoms with Gasteiger partial charge in [-0.05, 0) is 6.42 Å². The molecule has 0 heterocycles. The fourth-order valence-corrected chi connectivity index (χ4v) is 1.29. The second-order valence-electron chi connectivity index (χ2n) is 2.93. The lowest BCUT2D eigenvalue weighted by molar-refractivity contribution is 0.737. The number of hydrogen-bond acceptors (Lipinski definition) is 0. The quantitative estimate of drug-likeness (QED) is 0.333. The van der Waals surface area contributed by atoms with Crippen LogP contribution >= 0.6 is 0 Å². The zero-order chi connectivity index (χ0) is 7.82. The van der Waals surface area contributed by atoms with Crippen LogP contribution in [-0.2, 0) is 0 Å². The highest BCUT2D eigenvalue weighted by Crippen LogP contribution is 1.96. The maximum absolute atomic E-state index is 3.29. The first-order chi connectivity index (χ1) is 4.77. The Bertz CT molecular complexity index is 116. The molecule has 0 radical (unpaired) electrons. The van der Waals surface area contributed by atoms with Gasteiger partial charge >= 0.3 is 0 Å². The largest absolute Gasteiger partial charge is 0.136 e. The Labute approximate surface area is 66.6 Å². The summed E-state index contributed by atoms with van der Waals surface area (Å²) >= 11 is 0. The van der Waals surface area contributed by atoms with E-state index in [1.807, 2.05) is 0 Å². The van der Waals surface area contributed by atoms with E-state index in [4.69, 9.17) is 0 Å². The van der Waals surface area contributed by atoms with E-state index in [-0.39, 0.29) is 0 Å². The molecule has 0 aliphatic rings. The van der Waals surface area contributed by atoms with Gasteiger partial charge in [-0.1, -0.05) is 32.9 Å². The van der Waals surface area contributed by atoms with Crippen molar-refractivity contribution in [1.82, 2.24) is 0 Å². The molecule has 0 nitrogen and oxygen atoms in total. The number of unbranched alkanes of at least 4 members (excludes halogenated alkanes) is 3. The molecule has 0 aromatic carbocycles. The molecule has 0 aromatic heterocycles. The highest BCUT2D eigenvalue weighted by atomic mass is 28.3. The van der Waals surface area contributed by atoms with Gasteiger partial charge in [-0.25, -0.2) is 0 Å². The third-order valence-corrected chi connectivity index (χ3v) is 2.08. The standard InChI is InChI=1S/C9H18Si/c1-4-5-6-7-8-9-10(2)3/h10H,4-7H2,1-3H3. The molecule has 0 rings (SSSR count). The second-order valence-corrected chi connectivity index (χ2v) is 5.53. The molecular formula is C9H18Si. The molecule has 0 fully saturated rings. The first kappa shape index (κ1) is 9.78. The summed E-state index contributed by atoms with van der Waals surface area (Å²) in [6, 6.07) is 0. The highest BCUT2D eigenvalue weighted by Gasteiger charge is 1.84. The van der Waals surface area contributed by atoms with Crippen LogP contribution in [0.1, 0.15) is 32.6 Å². The summed E-state index contributed by atoms with van der Waals surface area (Å²) in [6.07, 6.45) is 5.07. The predicted molar refractivity (Wildman–Crippen MR) is 50.8 cm³/mol. The van der Waals surface area contributed by atoms with Crippen LogP contribution in [0.5, 0.6) is 0 Å². The Morgan fingerprint density at radius 1 is 1.20 bits per heavy atom. The SMILES string of the molecule is CCCCCC#C[SiH](C)C. The van der Waals surface area contributed by atoms with Crippen molar-refractivity contribution < 1.29 is 0 Å². The Morgan fingerprint density at radius 3 is 2.40 bits per heavy atom. The average molecular weight is 154 g/mol. The summed E-state index contributed by atoms with van der Waals surface area (Å²) in [5.41, 5.74) is 3.29. The van der Waals surface area contributed by atoms with Crippen LogP contribution < -0.4 is 0 Å². The summed E-state index contributed by atoms with van der Waals surface area (Å²) < 4.78 is 0. The van der Waals surface area contributed by atoms with Gasteiger partial charge in [0, 0.05) is 6.42 Å². The molecule has 1 heteroatoms. The molecule has 0 saturated heterocycles. The summed E-state index contributed by atoms with van der Waals surface area (Å²) in [4.78, 5) is 0. The summed E-state index contributed by atoms with van der Waals surface area (Å²) in [5, 5.41) is 0. The van der Waals surface area contributed by atoms with Crippen LogP contribution in [0.15, 0.2) is 0 Å². The van der Waals surface area contributed by atoms with Gasteiger partial charge in [0.15, 0.2) is 0 Å². The van der Waals surface area contributed by atoms with Crippen LogP contribution in [-0.4, -0.2) is 8.80 Å². The zero-order valence-corrected chi connectivity index (χ0v) is 8.56. The van der Waals surface area contributed by atoms with Crippen molar-refractivity contribution in [2.75, 3.05) is 0 Å². The fraction of sp³-hybridized carbons (Fsp3) is 0.778. The zero-order valence-electron chi connectivity index (χ0n) is 7.41. The summed E-state index contributed by atoms with van der Waals surface area (Å²) in [7, 11) is -0.583. The Morgan fingerprint density at radius 2 is 1.90 bits per heavy atom. The molecular weight excluding hydrogens is 136 g/mol. The lowest BCUT2D eigenvalue weighted by atomic mass is 10.2. The minimum absolute atomic E-state index is 0.583. The topological polar surface area (TPSA) is 0 Å². The van der Waals surface area contributed by atoms with E-state index >= 15 is 0 Å². The van der Waals surface area contributed by atoms with Gasteiger partial charge in [0.05, 0.1) is 0 Å². The normalized spacial score (nSPS) is 9.20. The monoisotopic (exact) mass is 154 g/mol. The van der Waals surface area contributed by atoms with Crippen LogP contribution in [0.2, 0.25) is 13.1 Å². The van der Waals surface area contributed by atoms with Gasteiger partial charge in [0.25, 0.3) is 0 Å². The molecule has 0 bridgehead atoms. The van der Waals surface area contributed by atoms with Crippen LogP contribution in [0.3, 0.4) is 0 Å². The molecule has 0 aliphatic carbocycles. The lowest BCUT2D eigenvalue weighted by Crippen LogP contribution is -1.92. The van der Waals surface area contributed by atoms with Crippen molar-refractivity contribution in [3.63, 3.8) is 0 Å². The molecule has 58 valence electrons. The van der Waals surface area contributed by atoms with Crippen LogP contribution in [0.25, 0.3) is 0 Å². The van der Waals surface area contributed by atoms with E-state index in [0.717, 1.165) is 6.42 Å². The predicted octanol–water partition coefficient (Wildman–Crippen LogP) is 2.60. The fourth-order valence-electron chi connectivity index (χ4n) is 0.740. The van der Waals surface area contributed by atoms with Crippen molar-refractivity contribution in [3.05, 3.63) is 0 Å². The molecule has 10 heavy (non-hydrogen) atoms. The second kappa shape index (κ2) is 6.89. The van der Waals surface area contributed by atoms with E-state index in [1.165, 1.54) is 19.3 Å². The van der Waals surface area contributed by atoms with Crippen molar-refractivity contribution >= 4 is 8.80 Å². The Kier molecular flexibility index (Phi) is 6.74. The summed E-state index contributed by atoms with van der Waals surface area (Å²) in [5.74, 6) is 3.23. The first-order valence-electron chi connectivity index (χ1n) is 4.25. The molecule has 0 aliphatic heterocycles. The lowest BCUT2D eigenvalue weighted by Gasteiger charge is -1.89. The third kappa shape index (κ3) is 7.78. The minimum atomic E-state index is -0.583. The maximum Gasteiger partial charge on any atom is 0.116 e. The van der Waals surface area contributed by atoms with Gasteiger partial charge in [-0.3, -0.25) is 0 Å². The van der Waals surface area contributed by atoms with Gasteiger partial charge in [0.2, 0.25) is 0 Å². The average Bonchev–Trinajstić information content (AvgIpc) is 1.87. The highest BCUT2D eigenvalue weighted by molar-refractivity contribution is 6.64. The third-order valence-electron chi connectivity index (χ3n) is 1.30. The van der Waals surface area contributed by atoms with Crippen molar-refractivity contribution in [1.29, 1.82) is 0 Å². The van der Waals surface area contributed by atoms with Gasteiger partial charge in [-0.15, -0.1) is 11.5 Å². The number of rotatable bonds is 3. The molecule has 0 N–H and O–H groups in total. The molecule has 0 spiro atoms. The van der Waals surface area contributed by atoms with Crippen LogP contribution in [0, 0.1) is 11.5 Å². The van der Waals surface area contributed by atoms with E-state index in [0.29, 0.717) is 0 Å². The van der Waals surface area contributed by atoms with Gasteiger partial charge in [-0.2, -0.15) is 0 Å². The minimum Gasteiger partial charge on any atom is -0.136 e. The molecule has 0 amide bonds. The smallest absolute Gasteiger partial charge is 0.116 e. The van der Waals surface area contributed by atoms with Crippen molar-refractivity contribution in [2.24, 2.45) is 0 Å². The van der Waals surface area contributed by atoms with E-state index in [9.17, 15) is 0 Å². The van der Waals surface area contributed by atoms with Crippen LogP contribution in [0.4, 0.5) is 0 Å². The Balaban J connectivity index is 3.12. The number of hydrogen-bond donors (Lipinski definition) is 0. The molecule has 0 unspecified atom stereocenters. The maximum atomic E-state index is 3.29. The van der Waals surface area contributed by atoms with Gasteiger partial charge < -0.3 is 0 Å². The molecule has 0 saturated carbocycles. The van der Waals surface area contributed by atoms with E-state index in [1.54, 1.807) is 0 Å². The summed E-state index contributed by atoms with van der Waals surface area (Å²) in [6.45, 7) is 6.77. The van der Waals surface area contributed by atoms with E-state index in [2.05, 4.69) is 31.5 Å².